The minimum Gasteiger partial charge on any atom is -0.438 e. The fourth-order valence-corrected chi connectivity index (χ4v) is 8.17. The van der Waals surface area contributed by atoms with E-state index < -0.39 is 0 Å². The molecule has 296 valence electrons. The fourth-order valence-electron chi connectivity index (χ4n) is 8.17. The zero-order valence-electron chi connectivity index (χ0n) is 34.5. The van der Waals surface area contributed by atoms with Crippen molar-refractivity contribution in [3.63, 3.8) is 0 Å². The van der Waals surface area contributed by atoms with E-state index in [0.717, 1.165) is 36.2 Å². The summed E-state index contributed by atoms with van der Waals surface area (Å²) in [5.74, 6) is 2.73. The molecule has 0 amide bonds. The van der Waals surface area contributed by atoms with Crippen LogP contribution in [0.3, 0.4) is 0 Å². The van der Waals surface area contributed by atoms with Gasteiger partial charge in [0.25, 0.3) is 5.52 Å². The average Bonchev–Trinajstić information content (AvgIpc) is 3.71. The smallest absolute Gasteiger partial charge is 0.379 e. The highest BCUT2D eigenvalue weighted by Crippen LogP contribution is 2.39. The van der Waals surface area contributed by atoms with Crippen molar-refractivity contribution in [1.82, 2.24) is 0 Å². The first kappa shape index (κ1) is 43.0. The van der Waals surface area contributed by atoms with Gasteiger partial charge in [0.2, 0.25) is 11.5 Å². The third-order valence-electron chi connectivity index (χ3n) is 11.5. The number of para-hydroxylation sites is 4. The molecule has 4 nitrogen and oxygen atoms in total. The Kier molecular flexibility index (Phi) is 22.5. The molecule has 0 atom stereocenters. The highest BCUT2D eigenvalue weighted by Gasteiger charge is 2.29. The summed E-state index contributed by atoms with van der Waals surface area (Å²) in [5.41, 5.74) is 3.30. The predicted molar refractivity (Wildman–Crippen MR) is 229 cm³/mol. The summed E-state index contributed by atoms with van der Waals surface area (Å²) in [5, 5.41) is 0. The van der Waals surface area contributed by atoms with Gasteiger partial charge in [0.1, 0.15) is 6.08 Å². The molecule has 0 fully saturated rings. The van der Waals surface area contributed by atoms with E-state index in [1.807, 2.05) is 0 Å². The van der Waals surface area contributed by atoms with Crippen LogP contribution in [0.15, 0.2) is 58.8 Å². The van der Waals surface area contributed by atoms with Crippen molar-refractivity contribution < 1.29 is 13.7 Å². The molecule has 3 aromatic rings. The first-order valence-electron chi connectivity index (χ1n) is 23.0. The van der Waals surface area contributed by atoms with Crippen molar-refractivity contribution >= 4 is 22.9 Å². The van der Waals surface area contributed by atoms with Gasteiger partial charge in [-0.3, -0.25) is 0 Å². The molecule has 2 aromatic carbocycles. The van der Waals surface area contributed by atoms with Crippen LogP contribution in [0, 0.1) is 0 Å². The van der Waals surface area contributed by atoms with Crippen LogP contribution in [-0.2, 0) is 6.54 Å². The second-order valence-electron chi connectivity index (χ2n) is 16.2. The normalized spacial score (nSPS) is 13.4. The molecule has 0 saturated carbocycles. The fraction of sp³-hybridized carbons (Fsp3) is 0.694. The molecule has 0 spiro atoms. The van der Waals surface area contributed by atoms with Gasteiger partial charge in [0.05, 0.1) is 5.69 Å². The van der Waals surface area contributed by atoms with Gasteiger partial charge in [-0.05, 0) is 31.0 Å². The molecule has 0 N–H and O–H groups in total. The molecular weight excluding hydrogens is 649 g/mol. The summed E-state index contributed by atoms with van der Waals surface area (Å²) in [6, 6.07) is 17.0. The maximum atomic E-state index is 6.49. The molecule has 0 unspecified atom stereocenters. The number of ether oxygens (including phenoxy) is 1. The van der Waals surface area contributed by atoms with Gasteiger partial charge in [0.15, 0.2) is 12.3 Å². The van der Waals surface area contributed by atoms with Crippen molar-refractivity contribution in [2.75, 3.05) is 11.4 Å². The lowest BCUT2D eigenvalue weighted by atomic mass is 10.0. The van der Waals surface area contributed by atoms with Crippen molar-refractivity contribution in [1.29, 1.82) is 0 Å². The molecule has 0 aliphatic carbocycles. The number of anilines is 1. The molecule has 1 aliphatic rings. The van der Waals surface area contributed by atoms with E-state index >= 15 is 0 Å². The second-order valence-corrected chi connectivity index (χ2v) is 16.2. The molecule has 1 aromatic heterocycles. The molecular formula is C49H79N2O2+. The third-order valence-corrected chi connectivity index (χ3v) is 11.5. The van der Waals surface area contributed by atoms with Crippen LogP contribution in [0.1, 0.15) is 212 Å². The zero-order chi connectivity index (χ0) is 37.0. The monoisotopic (exact) mass is 728 g/mol. The van der Waals surface area contributed by atoms with E-state index in [9.17, 15) is 0 Å². The number of rotatable bonds is 33. The first-order chi connectivity index (χ1) is 26.3. The highest BCUT2D eigenvalue weighted by atomic mass is 16.5. The van der Waals surface area contributed by atoms with Gasteiger partial charge in [-0.25, -0.2) is 0 Å². The number of aryl methyl sites for hydroxylation is 1. The number of fused-ring (bicyclic) bond motifs is 2. The van der Waals surface area contributed by atoms with Crippen molar-refractivity contribution in [2.24, 2.45) is 0 Å². The summed E-state index contributed by atoms with van der Waals surface area (Å²) in [7, 11) is 0. The largest absolute Gasteiger partial charge is 0.438 e. The quantitative estimate of drug-likeness (QED) is 0.0462. The van der Waals surface area contributed by atoms with Crippen LogP contribution >= 0.6 is 0 Å². The minimum atomic E-state index is 0.890. The molecule has 53 heavy (non-hydrogen) atoms. The maximum Gasteiger partial charge on any atom is 0.379 e. The Morgan fingerprint density at radius 2 is 0.925 bits per heavy atom. The van der Waals surface area contributed by atoms with Crippen molar-refractivity contribution in [2.45, 2.75) is 213 Å². The Bertz CT molecular complexity index is 1380. The number of hydrogen-bond donors (Lipinski definition) is 0. The summed E-state index contributed by atoms with van der Waals surface area (Å²) in [6.45, 7) is 6.55. The highest BCUT2D eigenvalue weighted by molar-refractivity contribution is 5.72. The van der Waals surface area contributed by atoms with Crippen molar-refractivity contribution in [3.05, 3.63) is 60.3 Å². The standard InChI is InChI=1S/C49H79N2O2/c1-3-5-7-9-11-13-15-17-19-20-22-24-26-28-30-36-42-51-45-38-32-34-40-47(45)53-49(51)43-48-50(44-37-31-33-39-46(44)52-48)41-35-29-27-25-23-21-18-16-14-12-10-8-6-4-2/h31-34,37-40,43H,3-30,35-36,41-42H2,1-2H3/q+1. The van der Waals surface area contributed by atoms with Crippen LogP contribution in [-0.4, -0.2) is 6.54 Å². The molecule has 2 heterocycles. The molecule has 0 saturated heterocycles. The summed E-state index contributed by atoms with van der Waals surface area (Å²) < 4.78 is 15.4. The van der Waals surface area contributed by atoms with Gasteiger partial charge in [-0.2, -0.15) is 4.57 Å². The number of oxazole rings is 1. The Morgan fingerprint density at radius 1 is 0.491 bits per heavy atom. The number of hydrogen-bond acceptors (Lipinski definition) is 3. The van der Waals surface area contributed by atoms with E-state index in [1.54, 1.807) is 0 Å². The molecule has 1 aliphatic heterocycles. The summed E-state index contributed by atoms with van der Waals surface area (Å²) >= 11 is 0. The maximum absolute atomic E-state index is 6.49. The van der Waals surface area contributed by atoms with Crippen LogP contribution in [0.2, 0.25) is 0 Å². The lowest BCUT2D eigenvalue weighted by Crippen LogP contribution is -2.35. The lowest BCUT2D eigenvalue weighted by molar-refractivity contribution is -0.678. The van der Waals surface area contributed by atoms with Crippen LogP contribution in [0.4, 0.5) is 5.69 Å². The van der Waals surface area contributed by atoms with Gasteiger partial charge in [-0.1, -0.05) is 211 Å². The number of benzene rings is 2. The van der Waals surface area contributed by atoms with Crippen LogP contribution in [0.5, 0.6) is 5.75 Å². The molecule has 0 radical (unpaired) electrons. The number of aromatic nitrogens is 1. The second kappa shape index (κ2) is 27.8. The van der Waals surface area contributed by atoms with Crippen LogP contribution < -0.4 is 14.2 Å². The average molecular weight is 728 g/mol. The SMILES string of the molecule is CCCCCCCCCCCCCCCCCC[n+]1c(/C=C2/Oc3ccccc3N2CCCCCCCCCCCCCCCC)oc2ccccc21. The van der Waals surface area contributed by atoms with E-state index in [1.165, 1.54) is 204 Å². The van der Waals surface area contributed by atoms with E-state index in [0.29, 0.717) is 0 Å². The van der Waals surface area contributed by atoms with Gasteiger partial charge >= 0.3 is 5.89 Å². The van der Waals surface area contributed by atoms with Gasteiger partial charge in [0, 0.05) is 19.0 Å². The Hall–Kier alpha value is -2.75. The zero-order valence-corrected chi connectivity index (χ0v) is 34.5. The van der Waals surface area contributed by atoms with E-state index in [2.05, 4.69) is 77.9 Å². The third kappa shape index (κ3) is 16.7. The molecule has 4 rings (SSSR count). The minimum absolute atomic E-state index is 0.890. The number of unbranched alkanes of at least 4 members (excludes halogenated alkanes) is 28. The first-order valence-corrected chi connectivity index (χ1v) is 23.0. The lowest BCUT2D eigenvalue weighted by Gasteiger charge is -2.17. The van der Waals surface area contributed by atoms with E-state index in [-0.39, 0.29) is 0 Å². The predicted octanol–water partition coefficient (Wildman–Crippen LogP) is 15.7. The van der Waals surface area contributed by atoms with Crippen molar-refractivity contribution in [3.8, 4) is 5.75 Å². The summed E-state index contributed by atoms with van der Waals surface area (Å²) in [6.07, 6.45) is 43.7. The Morgan fingerprint density at radius 3 is 1.45 bits per heavy atom. The van der Waals surface area contributed by atoms with Crippen LogP contribution in [0.25, 0.3) is 17.2 Å². The van der Waals surface area contributed by atoms with Gasteiger partial charge in [-0.15, -0.1) is 0 Å². The Labute approximate surface area is 326 Å². The summed E-state index contributed by atoms with van der Waals surface area (Å²) in [4.78, 5) is 2.38. The van der Waals surface area contributed by atoms with E-state index in [4.69, 9.17) is 9.15 Å². The molecule has 4 heteroatoms. The topological polar surface area (TPSA) is 29.5 Å². The Balaban J connectivity index is 1.16. The van der Waals surface area contributed by atoms with Gasteiger partial charge < -0.3 is 14.1 Å². The molecule has 0 bridgehead atoms. The number of nitrogens with zero attached hydrogens (tertiary/aromatic N) is 2.